The fourth-order valence-corrected chi connectivity index (χ4v) is 1.04. The normalized spacial score (nSPS) is 10.8. The smallest absolute Gasteiger partial charge is 0.164 e. The summed E-state index contributed by atoms with van der Waals surface area (Å²) in [6.07, 6.45) is 0.219. The topological polar surface area (TPSA) is 61.0 Å². The van der Waals surface area contributed by atoms with Crippen LogP contribution in [-0.4, -0.2) is 15.7 Å². The van der Waals surface area contributed by atoms with Crippen LogP contribution in [0.1, 0.15) is 18.7 Å². The number of hydrogen-bond donors (Lipinski definition) is 1. The molecule has 1 rings (SSSR count). The molecule has 0 aliphatic rings. The highest BCUT2D eigenvalue weighted by molar-refractivity contribution is 7.05. The minimum Gasteiger partial charge on any atom is -0.381 e. The second-order valence-corrected chi connectivity index (χ2v) is 3.28. The second kappa shape index (κ2) is 3.64. The summed E-state index contributed by atoms with van der Waals surface area (Å²) in [6, 6.07) is 0. The number of ether oxygens (including phenoxy) is 1. The van der Waals surface area contributed by atoms with Crippen LogP contribution < -0.4 is 5.73 Å². The van der Waals surface area contributed by atoms with Crippen molar-refractivity contribution in [3.05, 3.63) is 4.88 Å². The zero-order valence-electron chi connectivity index (χ0n) is 6.57. The van der Waals surface area contributed by atoms with Gasteiger partial charge in [-0.25, -0.2) is 0 Å². The van der Waals surface area contributed by atoms with Crippen LogP contribution >= 0.6 is 11.5 Å². The number of anilines is 1. The van der Waals surface area contributed by atoms with E-state index >= 15 is 0 Å². The Kier molecular flexibility index (Phi) is 2.78. The predicted molar refractivity (Wildman–Crippen MR) is 44.2 cm³/mol. The van der Waals surface area contributed by atoms with Crippen LogP contribution in [-0.2, 0) is 11.3 Å². The molecule has 2 N–H and O–H groups in total. The Hall–Kier alpha value is -0.680. The molecule has 5 heteroatoms. The van der Waals surface area contributed by atoms with Crippen LogP contribution in [0.3, 0.4) is 0 Å². The summed E-state index contributed by atoms with van der Waals surface area (Å²) >= 11 is 1.28. The van der Waals surface area contributed by atoms with E-state index in [1.165, 1.54) is 11.5 Å². The highest BCUT2D eigenvalue weighted by atomic mass is 32.1. The summed E-state index contributed by atoms with van der Waals surface area (Å²) in [7, 11) is 0. The predicted octanol–water partition coefficient (Wildman–Crippen LogP) is 1.05. The molecule has 0 aromatic carbocycles. The van der Waals surface area contributed by atoms with E-state index in [2.05, 4.69) is 9.59 Å². The molecule has 0 fully saturated rings. The summed E-state index contributed by atoms with van der Waals surface area (Å²) in [5.74, 6) is 0.482. The van der Waals surface area contributed by atoms with Crippen molar-refractivity contribution in [2.45, 2.75) is 26.6 Å². The molecule has 1 aromatic heterocycles. The van der Waals surface area contributed by atoms with Crippen LogP contribution in [0.15, 0.2) is 0 Å². The molecule has 1 aromatic rings. The number of nitrogens with zero attached hydrogens (tertiary/aromatic N) is 2. The first-order valence-corrected chi connectivity index (χ1v) is 4.16. The summed E-state index contributed by atoms with van der Waals surface area (Å²) in [4.78, 5) is 0.902. The van der Waals surface area contributed by atoms with Gasteiger partial charge in [-0.15, -0.1) is 5.10 Å². The van der Waals surface area contributed by atoms with Gasteiger partial charge in [-0.2, -0.15) is 0 Å². The van der Waals surface area contributed by atoms with Gasteiger partial charge in [-0.1, -0.05) is 4.49 Å². The van der Waals surface area contributed by atoms with E-state index < -0.39 is 0 Å². The highest BCUT2D eigenvalue weighted by Crippen LogP contribution is 2.13. The summed E-state index contributed by atoms with van der Waals surface area (Å²) in [5, 5.41) is 3.66. The minimum atomic E-state index is 0.219. The van der Waals surface area contributed by atoms with E-state index in [-0.39, 0.29) is 6.10 Å². The van der Waals surface area contributed by atoms with Gasteiger partial charge in [0.1, 0.15) is 0 Å². The van der Waals surface area contributed by atoms with Gasteiger partial charge in [0.25, 0.3) is 0 Å². The van der Waals surface area contributed by atoms with Gasteiger partial charge in [0.15, 0.2) is 5.82 Å². The van der Waals surface area contributed by atoms with E-state index in [0.29, 0.717) is 12.4 Å². The Balaban J connectivity index is 2.44. The van der Waals surface area contributed by atoms with Gasteiger partial charge in [-0.05, 0) is 25.4 Å². The molecule has 11 heavy (non-hydrogen) atoms. The van der Waals surface area contributed by atoms with Gasteiger partial charge < -0.3 is 10.5 Å². The lowest BCUT2D eigenvalue weighted by Crippen LogP contribution is -2.02. The van der Waals surface area contributed by atoms with Crippen molar-refractivity contribution in [2.75, 3.05) is 5.73 Å². The van der Waals surface area contributed by atoms with Crippen LogP contribution in [0.2, 0.25) is 0 Å². The fourth-order valence-electron chi connectivity index (χ4n) is 0.559. The first-order chi connectivity index (χ1) is 5.20. The monoisotopic (exact) mass is 173 g/mol. The number of nitrogen functional groups attached to an aromatic ring is 1. The Morgan fingerprint density at radius 3 is 2.82 bits per heavy atom. The van der Waals surface area contributed by atoms with E-state index in [1.807, 2.05) is 13.8 Å². The van der Waals surface area contributed by atoms with Crippen LogP contribution in [0, 0.1) is 0 Å². The number of nitrogens with two attached hydrogens (primary N) is 1. The number of rotatable bonds is 3. The second-order valence-electron chi connectivity index (χ2n) is 2.44. The van der Waals surface area contributed by atoms with E-state index in [0.717, 1.165) is 4.88 Å². The summed E-state index contributed by atoms with van der Waals surface area (Å²) < 4.78 is 9.00. The van der Waals surface area contributed by atoms with E-state index in [9.17, 15) is 0 Å². The van der Waals surface area contributed by atoms with E-state index in [1.54, 1.807) is 0 Å². The van der Waals surface area contributed by atoms with Crippen LogP contribution in [0.4, 0.5) is 5.82 Å². The number of hydrogen-bond acceptors (Lipinski definition) is 5. The standard InChI is InChI=1S/C6H11N3OS/c1-4(2)10-3-5-6(7)8-9-11-5/h4H,3,7H2,1-2H3. The maximum Gasteiger partial charge on any atom is 0.164 e. The molecule has 4 nitrogen and oxygen atoms in total. The van der Waals surface area contributed by atoms with Crippen molar-refractivity contribution in [2.24, 2.45) is 0 Å². The Bertz CT molecular complexity index is 223. The van der Waals surface area contributed by atoms with Gasteiger partial charge in [0, 0.05) is 0 Å². The zero-order chi connectivity index (χ0) is 8.27. The average molecular weight is 173 g/mol. The molecule has 0 radical (unpaired) electrons. The molecule has 0 atom stereocenters. The largest absolute Gasteiger partial charge is 0.381 e. The molecule has 0 spiro atoms. The summed E-state index contributed by atoms with van der Waals surface area (Å²) in [6.45, 7) is 4.47. The third-order valence-corrected chi connectivity index (χ3v) is 1.84. The SMILES string of the molecule is CC(C)OCc1snnc1N. The van der Waals surface area contributed by atoms with Gasteiger partial charge in [-0.3, -0.25) is 0 Å². The van der Waals surface area contributed by atoms with Crippen LogP contribution in [0.5, 0.6) is 0 Å². The van der Waals surface area contributed by atoms with Crippen molar-refractivity contribution < 1.29 is 4.74 Å². The first-order valence-electron chi connectivity index (χ1n) is 3.38. The lowest BCUT2D eigenvalue weighted by atomic mass is 10.4. The zero-order valence-corrected chi connectivity index (χ0v) is 7.39. The van der Waals surface area contributed by atoms with Crippen LogP contribution in [0.25, 0.3) is 0 Å². The molecule has 0 aliphatic heterocycles. The molecule has 0 aliphatic carbocycles. The van der Waals surface area contributed by atoms with Crippen molar-refractivity contribution in [3.8, 4) is 0 Å². The summed E-state index contributed by atoms with van der Waals surface area (Å²) in [5.41, 5.74) is 5.48. The van der Waals surface area contributed by atoms with E-state index in [4.69, 9.17) is 10.5 Å². The fraction of sp³-hybridized carbons (Fsp3) is 0.667. The molecular formula is C6H11N3OS. The Morgan fingerprint density at radius 1 is 1.64 bits per heavy atom. The minimum absolute atomic E-state index is 0.219. The molecule has 0 unspecified atom stereocenters. The van der Waals surface area contributed by atoms with Crippen molar-refractivity contribution in [1.82, 2.24) is 9.59 Å². The molecular weight excluding hydrogens is 162 g/mol. The Morgan fingerprint density at radius 2 is 2.36 bits per heavy atom. The third kappa shape index (κ3) is 2.44. The maximum absolute atomic E-state index is 5.48. The maximum atomic E-state index is 5.48. The van der Waals surface area contributed by atoms with Gasteiger partial charge in [0.2, 0.25) is 0 Å². The van der Waals surface area contributed by atoms with Crippen molar-refractivity contribution >= 4 is 17.4 Å². The quantitative estimate of drug-likeness (QED) is 0.742. The third-order valence-electron chi connectivity index (χ3n) is 1.13. The van der Waals surface area contributed by atoms with Crippen molar-refractivity contribution in [1.29, 1.82) is 0 Å². The molecule has 62 valence electrons. The van der Waals surface area contributed by atoms with Crippen molar-refractivity contribution in [3.63, 3.8) is 0 Å². The Labute approximate surface area is 69.5 Å². The molecule has 1 heterocycles. The lowest BCUT2D eigenvalue weighted by molar-refractivity contribution is 0.0677. The van der Waals surface area contributed by atoms with Gasteiger partial charge >= 0.3 is 0 Å². The average Bonchev–Trinajstić information content (AvgIpc) is 2.31. The van der Waals surface area contributed by atoms with Gasteiger partial charge in [0.05, 0.1) is 17.6 Å². The lowest BCUT2D eigenvalue weighted by Gasteiger charge is -2.04. The first kappa shape index (κ1) is 8.42. The highest BCUT2D eigenvalue weighted by Gasteiger charge is 2.04. The molecule has 0 saturated heterocycles. The molecule has 0 bridgehead atoms. The molecule has 0 saturated carbocycles. The molecule has 0 amide bonds. The number of aromatic nitrogens is 2.